The molecule has 32 heavy (non-hydrogen) atoms. The molecule has 1 aliphatic rings. The van der Waals surface area contributed by atoms with E-state index in [4.69, 9.17) is 14.1 Å². The van der Waals surface area contributed by atoms with Crippen LogP contribution < -0.4 is 16.0 Å². The summed E-state index contributed by atoms with van der Waals surface area (Å²) in [6.45, 7) is 1.32. The molecule has 164 valence electrons. The number of pyridine rings is 2. The lowest BCUT2D eigenvalue weighted by atomic mass is 10.1. The summed E-state index contributed by atoms with van der Waals surface area (Å²) >= 11 is 0. The summed E-state index contributed by atoms with van der Waals surface area (Å²) in [5.41, 5.74) is 3.09. The second-order valence-electron chi connectivity index (χ2n) is 7.77. The number of benzene rings is 1. The molecular weight excluding hydrogens is 408 g/mol. The van der Waals surface area contributed by atoms with Crippen molar-refractivity contribution in [3.05, 3.63) is 36.7 Å². The van der Waals surface area contributed by atoms with Crippen molar-refractivity contribution in [1.82, 2.24) is 15.0 Å². The minimum atomic E-state index is 0.0108. The van der Waals surface area contributed by atoms with Gasteiger partial charge < -0.3 is 25.1 Å². The lowest BCUT2D eigenvalue weighted by Gasteiger charge is -2.10. The van der Waals surface area contributed by atoms with Crippen LogP contribution in [-0.4, -0.2) is 48.2 Å². The predicted octanol–water partition coefficient (Wildman–Crippen LogP) is 3.89. The van der Waals surface area contributed by atoms with Crippen molar-refractivity contribution in [3.63, 3.8) is 0 Å². The maximum atomic E-state index is 12.2. The summed E-state index contributed by atoms with van der Waals surface area (Å²) in [5, 5.41) is 11.0. The van der Waals surface area contributed by atoms with Crippen molar-refractivity contribution < 1.29 is 13.9 Å². The van der Waals surface area contributed by atoms with E-state index in [1.54, 1.807) is 19.5 Å². The molecule has 0 radical (unpaired) electrons. The van der Waals surface area contributed by atoms with Gasteiger partial charge in [-0.05, 0) is 37.1 Å². The minimum Gasteiger partial charge on any atom is -0.436 e. The molecule has 1 fully saturated rings. The van der Waals surface area contributed by atoms with Gasteiger partial charge >= 0.3 is 0 Å². The molecule has 9 nitrogen and oxygen atoms in total. The monoisotopic (exact) mass is 432 g/mol. The number of aromatic nitrogens is 3. The van der Waals surface area contributed by atoms with Crippen molar-refractivity contribution in [1.29, 1.82) is 0 Å². The fourth-order valence-electron chi connectivity index (χ4n) is 3.60. The molecule has 3 N–H and O–H groups in total. The third kappa shape index (κ3) is 3.94. The smallest absolute Gasteiger partial charge is 0.229 e. The molecule has 9 heteroatoms. The number of fused-ring (bicyclic) bond motifs is 2. The van der Waals surface area contributed by atoms with E-state index in [2.05, 4.69) is 25.9 Å². The lowest BCUT2D eigenvalue weighted by molar-refractivity contribution is -0.117. The number of carbonyl (C=O) groups is 1. The molecular formula is C23H24N6O3. The van der Waals surface area contributed by atoms with Crippen LogP contribution in [0.1, 0.15) is 12.8 Å². The highest BCUT2D eigenvalue weighted by molar-refractivity contribution is 6.03. The molecule has 0 atom stereocenters. The Morgan fingerprint density at radius 3 is 2.84 bits per heavy atom. The van der Waals surface area contributed by atoms with Gasteiger partial charge in [0.1, 0.15) is 17.2 Å². The Balaban J connectivity index is 1.54. The zero-order valence-electron chi connectivity index (χ0n) is 17.9. The number of nitrogens with zero attached hydrogens (tertiary/aromatic N) is 3. The standard InChI is InChI=1S/C23H24N6O3/c1-24-21-16-11-26-20(29-22(30)13-3-4-13)10-15(16)17(12-27-21)23-28-18-9-14(25-7-8-31-2)5-6-19(18)32-23/h5-6,9-13,25H,3-4,7-8H2,1-2H3,(H,24,27)(H,26,29,30). The van der Waals surface area contributed by atoms with Gasteiger partial charge in [0.05, 0.1) is 12.2 Å². The maximum Gasteiger partial charge on any atom is 0.229 e. The van der Waals surface area contributed by atoms with Gasteiger partial charge in [0.15, 0.2) is 5.58 Å². The SMILES string of the molecule is CNc1ncc(-c2nc3cc(NCCOC)ccc3o2)c2cc(NC(=O)C3CC3)ncc12. The topological polar surface area (TPSA) is 114 Å². The van der Waals surface area contributed by atoms with Crippen LogP contribution in [-0.2, 0) is 9.53 Å². The number of oxazole rings is 1. The molecule has 0 saturated heterocycles. The molecule has 0 spiro atoms. The van der Waals surface area contributed by atoms with Gasteiger partial charge in [0.25, 0.3) is 0 Å². The van der Waals surface area contributed by atoms with Crippen LogP contribution in [0.3, 0.4) is 0 Å². The van der Waals surface area contributed by atoms with Crippen molar-refractivity contribution >= 4 is 45.1 Å². The summed E-state index contributed by atoms with van der Waals surface area (Å²) in [6, 6.07) is 7.63. The number of hydrogen-bond donors (Lipinski definition) is 3. The molecule has 3 heterocycles. The summed E-state index contributed by atoms with van der Waals surface area (Å²) in [7, 11) is 3.48. The van der Waals surface area contributed by atoms with Gasteiger partial charge in [0, 0.05) is 55.5 Å². The number of ether oxygens (including phenoxy) is 1. The van der Waals surface area contributed by atoms with Crippen LogP contribution in [0.4, 0.5) is 17.3 Å². The normalized spacial score (nSPS) is 13.4. The Kier molecular flexibility index (Phi) is 5.32. The molecule has 0 unspecified atom stereocenters. The molecule has 0 aliphatic heterocycles. The number of rotatable bonds is 8. The number of carbonyl (C=O) groups excluding carboxylic acids is 1. The Hall–Kier alpha value is -3.72. The minimum absolute atomic E-state index is 0.0108. The van der Waals surface area contributed by atoms with Crippen LogP contribution in [0, 0.1) is 5.92 Å². The van der Waals surface area contributed by atoms with E-state index in [0.29, 0.717) is 36.3 Å². The predicted molar refractivity (Wildman–Crippen MR) is 124 cm³/mol. The van der Waals surface area contributed by atoms with E-state index in [1.165, 1.54) is 0 Å². The second-order valence-corrected chi connectivity index (χ2v) is 7.77. The molecule has 3 aromatic heterocycles. The Labute approximate surface area is 184 Å². The third-order valence-electron chi connectivity index (χ3n) is 5.46. The van der Waals surface area contributed by atoms with Crippen molar-refractivity contribution in [2.24, 2.45) is 5.92 Å². The first-order valence-corrected chi connectivity index (χ1v) is 10.6. The maximum absolute atomic E-state index is 12.2. The molecule has 1 saturated carbocycles. The van der Waals surface area contributed by atoms with E-state index >= 15 is 0 Å². The first-order chi connectivity index (χ1) is 15.7. The highest BCUT2D eigenvalue weighted by Crippen LogP contribution is 2.35. The third-order valence-corrected chi connectivity index (χ3v) is 5.46. The molecule has 4 aromatic rings. The quantitative estimate of drug-likeness (QED) is 0.359. The first-order valence-electron chi connectivity index (χ1n) is 10.6. The van der Waals surface area contributed by atoms with Crippen LogP contribution >= 0.6 is 0 Å². The Bertz CT molecular complexity index is 1300. The zero-order valence-corrected chi connectivity index (χ0v) is 17.9. The Morgan fingerprint density at radius 1 is 1.19 bits per heavy atom. The molecule has 0 bridgehead atoms. The highest BCUT2D eigenvalue weighted by Gasteiger charge is 2.30. The van der Waals surface area contributed by atoms with Crippen LogP contribution in [0.5, 0.6) is 0 Å². The number of hydrogen-bond acceptors (Lipinski definition) is 8. The largest absolute Gasteiger partial charge is 0.436 e. The molecule has 1 amide bonds. The fourth-order valence-corrected chi connectivity index (χ4v) is 3.60. The van der Waals surface area contributed by atoms with Gasteiger partial charge in [-0.25, -0.2) is 15.0 Å². The summed E-state index contributed by atoms with van der Waals surface area (Å²) in [4.78, 5) is 25.8. The van der Waals surface area contributed by atoms with Gasteiger partial charge in [-0.3, -0.25) is 4.79 Å². The summed E-state index contributed by atoms with van der Waals surface area (Å²) < 4.78 is 11.1. The van der Waals surface area contributed by atoms with Gasteiger partial charge in [-0.2, -0.15) is 0 Å². The number of anilines is 3. The Morgan fingerprint density at radius 2 is 2.06 bits per heavy atom. The highest BCUT2D eigenvalue weighted by atomic mass is 16.5. The molecule has 1 aromatic carbocycles. The summed E-state index contributed by atoms with van der Waals surface area (Å²) in [5.74, 6) is 1.76. The molecule has 5 rings (SSSR count). The van der Waals surface area contributed by atoms with Gasteiger partial charge in [0.2, 0.25) is 11.8 Å². The van der Waals surface area contributed by atoms with E-state index in [9.17, 15) is 4.79 Å². The zero-order chi connectivity index (χ0) is 22.1. The number of methoxy groups -OCH3 is 1. The van der Waals surface area contributed by atoms with Crippen molar-refractivity contribution in [2.75, 3.05) is 43.3 Å². The summed E-state index contributed by atoms with van der Waals surface area (Å²) in [6.07, 6.45) is 5.30. The van der Waals surface area contributed by atoms with Crippen LogP contribution in [0.25, 0.3) is 33.3 Å². The first kappa shape index (κ1) is 20.2. The van der Waals surface area contributed by atoms with E-state index < -0.39 is 0 Å². The lowest BCUT2D eigenvalue weighted by Crippen LogP contribution is -2.14. The van der Waals surface area contributed by atoms with E-state index in [1.807, 2.05) is 31.3 Å². The van der Waals surface area contributed by atoms with Crippen molar-refractivity contribution in [2.45, 2.75) is 12.8 Å². The van der Waals surface area contributed by atoms with Crippen LogP contribution in [0.15, 0.2) is 41.1 Å². The number of nitrogens with one attached hydrogen (secondary N) is 3. The van der Waals surface area contributed by atoms with Gasteiger partial charge in [-0.15, -0.1) is 0 Å². The average Bonchev–Trinajstić information content (AvgIpc) is 3.58. The van der Waals surface area contributed by atoms with E-state index in [0.717, 1.165) is 40.4 Å². The molecule has 1 aliphatic carbocycles. The average molecular weight is 432 g/mol. The van der Waals surface area contributed by atoms with Gasteiger partial charge in [-0.1, -0.05) is 0 Å². The van der Waals surface area contributed by atoms with Crippen molar-refractivity contribution in [3.8, 4) is 11.5 Å². The van der Waals surface area contributed by atoms with E-state index in [-0.39, 0.29) is 11.8 Å². The number of amides is 1. The fraction of sp³-hybridized carbons (Fsp3) is 0.304. The van der Waals surface area contributed by atoms with Crippen LogP contribution in [0.2, 0.25) is 0 Å². The second kappa shape index (κ2) is 8.43.